The zero-order chi connectivity index (χ0) is 35.0. The Bertz CT molecular complexity index is 700. The van der Waals surface area contributed by atoms with Crippen LogP contribution in [0.25, 0.3) is 0 Å². The van der Waals surface area contributed by atoms with Crippen LogP contribution >= 0.6 is 0 Å². The van der Waals surface area contributed by atoms with Gasteiger partial charge in [-0.1, -0.05) is 117 Å². The quantitative estimate of drug-likeness (QED) is 0.196. The molecule has 4 rings (SSSR count). The fraction of sp³-hybridized carbons (Fsp3) is 0.541. The van der Waals surface area contributed by atoms with Crippen molar-refractivity contribution < 1.29 is 0 Å². The molecular weight excluding hydrogens is 542 g/mol. The third-order valence-corrected chi connectivity index (χ3v) is 2.00. The summed E-state index contributed by atoms with van der Waals surface area (Å²) in [6.07, 6.45) is 18.2. The lowest BCUT2D eigenvalue weighted by Gasteiger charge is -2.05. The maximum Gasteiger partial charge on any atom is 0.115 e. The summed E-state index contributed by atoms with van der Waals surface area (Å²) in [5, 5.41) is 7.07. The molecule has 4 aromatic rings. The lowest BCUT2D eigenvalue weighted by molar-refractivity contribution is 0.469. The molecule has 4 heterocycles. The maximum absolute atomic E-state index is 3.78. The van der Waals surface area contributed by atoms with E-state index in [1.807, 2.05) is 30.3 Å². The smallest absolute Gasteiger partial charge is 0.115 e. The van der Waals surface area contributed by atoms with E-state index in [1.165, 1.54) is 6.33 Å². The van der Waals surface area contributed by atoms with Crippen LogP contribution in [0.4, 0.5) is 0 Å². The van der Waals surface area contributed by atoms with Crippen LogP contribution in [-0.2, 0) is 0 Å². The van der Waals surface area contributed by atoms with Gasteiger partial charge in [-0.05, 0) is 52.0 Å². The lowest BCUT2D eigenvalue weighted by atomic mass is 10.0. The number of rotatable bonds is 0. The van der Waals surface area contributed by atoms with Crippen LogP contribution in [0, 0.1) is 21.7 Å². The summed E-state index contributed by atoms with van der Waals surface area (Å²) in [7, 11) is 0. The van der Waals surface area contributed by atoms with Gasteiger partial charge in [-0.25, -0.2) is 9.97 Å². The van der Waals surface area contributed by atoms with E-state index in [4.69, 9.17) is 0 Å². The number of pyridine rings is 1. The molecule has 248 valence electrons. The van der Waals surface area contributed by atoms with Gasteiger partial charge >= 0.3 is 0 Å². The normalized spacial score (nSPS) is 9.82. The van der Waals surface area contributed by atoms with Gasteiger partial charge in [0.15, 0.2) is 0 Å². The highest BCUT2D eigenvalue weighted by atomic mass is 15.1. The van der Waals surface area contributed by atoms with E-state index in [0.717, 1.165) is 0 Å². The molecule has 0 radical (unpaired) electrons. The van der Waals surface area contributed by atoms with Crippen molar-refractivity contribution in [2.75, 3.05) is 0 Å². The molecule has 0 aliphatic heterocycles. The second-order valence-corrected chi connectivity index (χ2v) is 15.7. The molecule has 0 aliphatic rings. The van der Waals surface area contributed by atoms with Gasteiger partial charge in [0.1, 0.15) is 6.33 Å². The summed E-state index contributed by atoms with van der Waals surface area (Å²) >= 11 is 0. The monoisotopic (exact) mass is 608 g/mol. The minimum absolute atomic E-state index is 0.500. The van der Waals surface area contributed by atoms with E-state index in [9.17, 15) is 0 Å². The number of nitrogens with zero attached hydrogens (tertiary/aromatic N) is 7. The van der Waals surface area contributed by atoms with Crippen LogP contribution in [0.2, 0.25) is 0 Å². The van der Waals surface area contributed by atoms with Gasteiger partial charge in [0.2, 0.25) is 0 Å². The van der Waals surface area contributed by atoms with Crippen LogP contribution in [0.15, 0.2) is 105 Å². The molecular formula is C37H65N7. The van der Waals surface area contributed by atoms with E-state index in [-0.39, 0.29) is 0 Å². The predicted octanol–water partition coefficient (Wildman–Crippen LogP) is 10.7. The molecule has 7 heteroatoms. The van der Waals surface area contributed by atoms with E-state index >= 15 is 0 Å². The Morgan fingerprint density at radius 2 is 0.477 bits per heavy atom. The molecule has 0 unspecified atom stereocenters. The molecule has 0 aliphatic carbocycles. The Morgan fingerprint density at radius 3 is 0.568 bits per heavy atom. The van der Waals surface area contributed by atoms with Gasteiger partial charge in [-0.2, -0.15) is 10.2 Å². The third-order valence-electron chi connectivity index (χ3n) is 2.00. The molecule has 44 heavy (non-hydrogen) atoms. The predicted molar refractivity (Wildman–Crippen MR) is 191 cm³/mol. The van der Waals surface area contributed by atoms with Crippen LogP contribution in [0.1, 0.15) is 111 Å². The van der Waals surface area contributed by atoms with Gasteiger partial charge in [0.25, 0.3) is 0 Å². The topological polar surface area (TPSA) is 90.2 Å². The van der Waals surface area contributed by atoms with Gasteiger partial charge < -0.3 is 0 Å². The van der Waals surface area contributed by atoms with E-state index in [1.54, 1.807) is 68.0 Å². The van der Waals surface area contributed by atoms with E-state index < -0.39 is 0 Å². The van der Waals surface area contributed by atoms with Crippen molar-refractivity contribution >= 4 is 0 Å². The van der Waals surface area contributed by atoms with E-state index in [2.05, 4.69) is 146 Å². The van der Waals surface area contributed by atoms with Crippen molar-refractivity contribution in [2.45, 2.75) is 111 Å². The molecule has 0 saturated carbocycles. The Morgan fingerprint density at radius 1 is 0.250 bits per heavy atom. The first-order valence-electron chi connectivity index (χ1n) is 15.0. The van der Waals surface area contributed by atoms with Crippen molar-refractivity contribution in [1.29, 1.82) is 0 Å². The lowest BCUT2D eigenvalue weighted by Crippen LogP contribution is -1.93. The highest BCUT2D eigenvalue weighted by Gasteiger charge is 1.97. The fourth-order valence-electron chi connectivity index (χ4n) is 1.07. The molecule has 0 spiro atoms. The van der Waals surface area contributed by atoms with E-state index in [0.29, 0.717) is 21.7 Å². The minimum Gasteiger partial charge on any atom is -0.265 e. The molecule has 0 amide bonds. The van der Waals surface area contributed by atoms with Crippen molar-refractivity contribution in [3.05, 3.63) is 105 Å². The number of hydrogen-bond donors (Lipinski definition) is 0. The largest absolute Gasteiger partial charge is 0.265 e. The van der Waals surface area contributed by atoms with Crippen LogP contribution < -0.4 is 0 Å². The summed E-state index contributed by atoms with van der Waals surface area (Å²) in [6, 6.07) is 11.1. The first kappa shape index (κ1) is 47.3. The summed E-state index contributed by atoms with van der Waals surface area (Å²) in [4.78, 5) is 18.6. The number of hydrogen-bond acceptors (Lipinski definition) is 7. The highest BCUT2D eigenvalue weighted by Crippen LogP contribution is 2.09. The first-order chi connectivity index (χ1) is 20.0. The first-order valence-corrected chi connectivity index (χ1v) is 15.0. The maximum atomic E-state index is 3.78. The summed E-state index contributed by atoms with van der Waals surface area (Å²) in [5.41, 5.74) is 2.00. The Kier molecular flexibility index (Phi) is 31.7. The Hall–Kier alpha value is -3.61. The Balaban J connectivity index is -0.000000208. The summed E-state index contributed by atoms with van der Waals surface area (Å²) < 4.78 is 0. The molecule has 0 bridgehead atoms. The molecule has 7 nitrogen and oxygen atoms in total. The summed E-state index contributed by atoms with van der Waals surface area (Å²) in [6.45, 7) is 35.0. The average molecular weight is 608 g/mol. The summed E-state index contributed by atoms with van der Waals surface area (Å²) in [5.74, 6) is 0. The zero-order valence-corrected chi connectivity index (χ0v) is 30.9. The van der Waals surface area contributed by atoms with Crippen molar-refractivity contribution in [3.8, 4) is 0 Å². The molecule has 0 N–H and O–H groups in total. The molecule has 0 saturated heterocycles. The van der Waals surface area contributed by atoms with Gasteiger partial charge in [0.05, 0.1) is 0 Å². The minimum atomic E-state index is 0.500. The zero-order valence-electron chi connectivity index (χ0n) is 30.9. The van der Waals surface area contributed by atoms with Crippen molar-refractivity contribution in [1.82, 2.24) is 35.1 Å². The SMILES string of the molecule is CC(C)(C)C.CC(C)(C)C.CC(C)(C)C.CC(C)(C)C.c1ccncc1.c1ccnnc1.c1cnccn1.c1cncnc1. The molecule has 4 aromatic heterocycles. The molecule has 0 atom stereocenters. The van der Waals surface area contributed by atoms with Crippen LogP contribution in [-0.4, -0.2) is 35.1 Å². The second-order valence-electron chi connectivity index (χ2n) is 15.7. The standard InChI is InChI=1S/C5H5N.4C5H12.3C4H4N2/c1-2-4-6-5-3-1;4*1-5(2,3)4;1-2-6-4-3-5-1;1-2-5-4-6-3-1;1-2-4-6-5-3-1/h1-5H;4*1-4H3;3*1-4H. The second kappa shape index (κ2) is 29.5. The molecule has 0 fully saturated rings. The Labute approximate surface area is 271 Å². The van der Waals surface area contributed by atoms with Gasteiger partial charge in [-0.3, -0.25) is 15.0 Å². The van der Waals surface area contributed by atoms with Gasteiger partial charge in [-0.15, -0.1) is 0 Å². The molecule has 0 aromatic carbocycles. The van der Waals surface area contributed by atoms with Crippen LogP contribution in [0.3, 0.4) is 0 Å². The van der Waals surface area contributed by atoms with Crippen LogP contribution in [0.5, 0.6) is 0 Å². The fourth-order valence-corrected chi connectivity index (χ4v) is 1.07. The van der Waals surface area contributed by atoms with Crippen molar-refractivity contribution in [3.63, 3.8) is 0 Å². The highest BCUT2D eigenvalue weighted by molar-refractivity contribution is 4.88. The van der Waals surface area contributed by atoms with Crippen molar-refractivity contribution in [2.24, 2.45) is 21.7 Å². The number of aromatic nitrogens is 7. The third kappa shape index (κ3) is 129. The van der Waals surface area contributed by atoms with Gasteiger partial charge in [0, 0.05) is 62.0 Å². The average Bonchev–Trinajstić information content (AvgIpc) is 2.90.